The van der Waals surface area contributed by atoms with Crippen molar-refractivity contribution in [1.82, 2.24) is 10.3 Å². The van der Waals surface area contributed by atoms with E-state index in [9.17, 15) is 0 Å². The Morgan fingerprint density at radius 2 is 2.36 bits per heavy atom. The Balaban J connectivity index is 1.64. The molecule has 0 amide bonds. The first-order valence-corrected chi connectivity index (χ1v) is 6.32. The van der Waals surface area contributed by atoms with Crippen molar-refractivity contribution in [2.24, 2.45) is 0 Å². The van der Waals surface area contributed by atoms with Crippen molar-refractivity contribution in [3.05, 3.63) is 16.1 Å². The Kier molecular flexibility index (Phi) is 1.92. The molecule has 1 N–H and O–H groups in total. The number of aromatic nitrogens is 1. The molecule has 2 fully saturated rings. The van der Waals surface area contributed by atoms with E-state index >= 15 is 0 Å². The summed E-state index contributed by atoms with van der Waals surface area (Å²) in [7, 11) is 0. The Morgan fingerprint density at radius 1 is 1.57 bits per heavy atom. The Bertz CT molecular complexity index is 337. The molecule has 14 heavy (non-hydrogen) atoms. The van der Waals surface area contributed by atoms with Crippen molar-refractivity contribution in [1.29, 1.82) is 0 Å². The monoisotopic (exact) mass is 208 g/mol. The predicted molar refractivity (Wildman–Crippen MR) is 58.6 cm³/mol. The van der Waals surface area contributed by atoms with Gasteiger partial charge in [0, 0.05) is 23.4 Å². The highest BCUT2D eigenvalue weighted by atomic mass is 32.1. The number of nitrogens with one attached hydrogen (secondary N) is 1. The molecule has 3 heteroatoms. The van der Waals surface area contributed by atoms with Crippen LogP contribution in [0.25, 0.3) is 0 Å². The summed E-state index contributed by atoms with van der Waals surface area (Å²) in [6.45, 7) is 3.29. The van der Waals surface area contributed by atoms with Crippen LogP contribution in [0.15, 0.2) is 5.38 Å². The molecule has 76 valence electrons. The molecule has 1 aromatic rings. The number of hydrogen-bond acceptors (Lipinski definition) is 3. The minimum atomic E-state index is 0.447. The van der Waals surface area contributed by atoms with Gasteiger partial charge in [0.25, 0.3) is 0 Å². The lowest BCUT2D eigenvalue weighted by Gasteiger charge is -2.01. The van der Waals surface area contributed by atoms with Gasteiger partial charge in [0.05, 0.1) is 10.7 Å². The lowest BCUT2D eigenvalue weighted by molar-refractivity contribution is 0.670. The van der Waals surface area contributed by atoms with Crippen molar-refractivity contribution in [3.8, 4) is 0 Å². The van der Waals surface area contributed by atoms with Crippen molar-refractivity contribution >= 4 is 11.3 Å². The molecule has 0 atom stereocenters. The van der Waals surface area contributed by atoms with Gasteiger partial charge in [-0.3, -0.25) is 0 Å². The first-order chi connectivity index (χ1) is 6.76. The molecule has 0 bridgehead atoms. The summed E-state index contributed by atoms with van der Waals surface area (Å²) in [6, 6.07) is 0.789. The van der Waals surface area contributed by atoms with Crippen LogP contribution in [0.1, 0.15) is 43.3 Å². The molecule has 0 saturated heterocycles. The van der Waals surface area contributed by atoms with Gasteiger partial charge in [0.2, 0.25) is 0 Å². The maximum atomic E-state index is 4.70. The van der Waals surface area contributed by atoms with Crippen LogP contribution < -0.4 is 5.32 Å². The summed E-state index contributed by atoms with van der Waals surface area (Å²) in [4.78, 5) is 4.70. The van der Waals surface area contributed by atoms with E-state index in [1.165, 1.54) is 36.4 Å². The summed E-state index contributed by atoms with van der Waals surface area (Å²) < 4.78 is 0. The second-order valence-corrected chi connectivity index (χ2v) is 5.72. The molecule has 3 rings (SSSR count). The van der Waals surface area contributed by atoms with Gasteiger partial charge in [0.15, 0.2) is 0 Å². The first-order valence-electron chi connectivity index (χ1n) is 5.45. The van der Waals surface area contributed by atoms with Crippen LogP contribution in [0, 0.1) is 0 Å². The van der Waals surface area contributed by atoms with Gasteiger partial charge in [-0.15, -0.1) is 11.3 Å². The quantitative estimate of drug-likeness (QED) is 0.822. The number of hydrogen-bond donors (Lipinski definition) is 1. The van der Waals surface area contributed by atoms with E-state index in [1.807, 2.05) is 11.3 Å². The third-order valence-corrected chi connectivity index (χ3v) is 4.41. The average molecular weight is 208 g/mol. The van der Waals surface area contributed by atoms with Crippen molar-refractivity contribution in [2.45, 2.75) is 50.6 Å². The minimum absolute atomic E-state index is 0.447. The van der Waals surface area contributed by atoms with Crippen molar-refractivity contribution in [3.63, 3.8) is 0 Å². The molecule has 1 heterocycles. The Labute approximate surface area is 88.7 Å². The fourth-order valence-corrected chi connectivity index (χ4v) is 2.65. The molecule has 2 nitrogen and oxygen atoms in total. The molecule has 2 aliphatic rings. The standard InChI is InChI=1S/C11H16N2S/c1-11(4-5-11)10-13-9(7-14-10)6-12-8-2-3-8/h7-8,12H,2-6H2,1H3. The van der Waals surface area contributed by atoms with Crippen molar-refractivity contribution < 1.29 is 0 Å². The summed E-state index contributed by atoms with van der Waals surface area (Å²) in [5, 5.41) is 7.07. The average Bonchev–Trinajstić information content (AvgIpc) is 3.08. The summed E-state index contributed by atoms with van der Waals surface area (Å²) in [6.07, 6.45) is 5.37. The first kappa shape index (κ1) is 8.86. The maximum absolute atomic E-state index is 4.70. The summed E-state index contributed by atoms with van der Waals surface area (Å²) in [5.41, 5.74) is 1.69. The second-order valence-electron chi connectivity index (χ2n) is 4.86. The minimum Gasteiger partial charge on any atom is -0.308 e. The number of nitrogens with zero attached hydrogens (tertiary/aromatic N) is 1. The Hall–Kier alpha value is -0.410. The van der Waals surface area contributed by atoms with Gasteiger partial charge in [0.1, 0.15) is 0 Å². The highest BCUT2D eigenvalue weighted by Crippen LogP contribution is 2.48. The highest BCUT2D eigenvalue weighted by molar-refractivity contribution is 7.09. The van der Waals surface area contributed by atoms with Crippen LogP contribution in [-0.2, 0) is 12.0 Å². The van der Waals surface area contributed by atoms with Gasteiger partial charge in [-0.2, -0.15) is 0 Å². The molecule has 0 aliphatic heterocycles. The van der Waals surface area contributed by atoms with E-state index in [0.29, 0.717) is 5.41 Å². The molecule has 1 aromatic heterocycles. The van der Waals surface area contributed by atoms with Gasteiger partial charge in [-0.05, 0) is 25.7 Å². The molecule has 0 spiro atoms. The maximum Gasteiger partial charge on any atom is 0.0988 e. The van der Waals surface area contributed by atoms with Gasteiger partial charge >= 0.3 is 0 Å². The molecule has 0 aromatic carbocycles. The lowest BCUT2D eigenvalue weighted by Crippen LogP contribution is -2.15. The smallest absolute Gasteiger partial charge is 0.0988 e. The summed E-state index contributed by atoms with van der Waals surface area (Å²) >= 11 is 1.84. The third-order valence-electron chi connectivity index (χ3n) is 3.22. The van der Waals surface area contributed by atoms with Gasteiger partial charge in [-0.25, -0.2) is 4.98 Å². The van der Waals surface area contributed by atoms with Crippen molar-refractivity contribution in [2.75, 3.05) is 0 Å². The molecule has 2 saturated carbocycles. The van der Waals surface area contributed by atoms with Gasteiger partial charge in [-0.1, -0.05) is 6.92 Å². The van der Waals surface area contributed by atoms with E-state index in [2.05, 4.69) is 17.6 Å². The highest BCUT2D eigenvalue weighted by Gasteiger charge is 2.41. The normalized spacial score (nSPS) is 23.8. The van der Waals surface area contributed by atoms with Crippen LogP contribution in [0.5, 0.6) is 0 Å². The van der Waals surface area contributed by atoms with Crippen LogP contribution in [0.3, 0.4) is 0 Å². The third kappa shape index (κ3) is 1.71. The van der Waals surface area contributed by atoms with Crippen LogP contribution in [0.4, 0.5) is 0 Å². The van der Waals surface area contributed by atoms with Crippen LogP contribution in [0.2, 0.25) is 0 Å². The van der Waals surface area contributed by atoms with Crippen LogP contribution >= 0.6 is 11.3 Å². The molecule has 2 aliphatic carbocycles. The second kappa shape index (κ2) is 3.04. The van der Waals surface area contributed by atoms with Crippen LogP contribution in [-0.4, -0.2) is 11.0 Å². The fourth-order valence-electron chi connectivity index (χ4n) is 1.60. The topological polar surface area (TPSA) is 24.9 Å². The largest absolute Gasteiger partial charge is 0.308 e. The zero-order chi connectivity index (χ0) is 9.60. The number of rotatable bonds is 4. The molecular weight excluding hydrogens is 192 g/mol. The zero-order valence-corrected chi connectivity index (χ0v) is 9.36. The SMILES string of the molecule is CC1(c2nc(CNC3CC3)cs2)CC1. The zero-order valence-electron chi connectivity index (χ0n) is 8.55. The van der Waals surface area contributed by atoms with Gasteiger partial charge < -0.3 is 5.32 Å². The predicted octanol–water partition coefficient (Wildman–Crippen LogP) is 2.45. The molecule has 0 unspecified atom stereocenters. The van der Waals surface area contributed by atoms with E-state index in [-0.39, 0.29) is 0 Å². The van der Waals surface area contributed by atoms with E-state index in [0.717, 1.165) is 12.6 Å². The lowest BCUT2D eigenvalue weighted by atomic mass is 10.2. The molecule has 0 radical (unpaired) electrons. The van der Waals surface area contributed by atoms with E-state index in [4.69, 9.17) is 4.98 Å². The fraction of sp³-hybridized carbons (Fsp3) is 0.727. The molecular formula is C11H16N2S. The number of thiazole rings is 1. The Morgan fingerprint density at radius 3 is 3.00 bits per heavy atom. The van der Waals surface area contributed by atoms with E-state index < -0.39 is 0 Å². The van der Waals surface area contributed by atoms with E-state index in [1.54, 1.807) is 0 Å². The summed E-state index contributed by atoms with van der Waals surface area (Å²) in [5.74, 6) is 0.